The van der Waals surface area contributed by atoms with Crippen LogP contribution < -0.4 is 0 Å². The van der Waals surface area contributed by atoms with Gasteiger partial charge in [-0.05, 0) is 46.5 Å². The molecular formula is C16H16BrNO2S. The summed E-state index contributed by atoms with van der Waals surface area (Å²) in [4.78, 5) is 0.341. The van der Waals surface area contributed by atoms with Gasteiger partial charge in [-0.1, -0.05) is 42.5 Å². The highest BCUT2D eigenvalue weighted by molar-refractivity contribution is 9.10. The number of benzene rings is 2. The Morgan fingerprint density at radius 2 is 1.67 bits per heavy atom. The molecule has 110 valence electrons. The maximum absolute atomic E-state index is 12.9. The Kier molecular flexibility index (Phi) is 4.15. The van der Waals surface area contributed by atoms with E-state index in [1.807, 2.05) is 36.4 Å². The molecule has 0 N–H and O–H groups in total. The van der Waals surface area contributed by atoms with Crippen molar-refractivity contribution in [2.75, 3.05) is 6.54 Å². The number of hydrogen-bond acceptors (Lipinski definition) is 2. The largest absolute Gasteiger partial charge is 0.244 e. The molecule has 1 fully saturated rings. The Bertz CT molecular complexity index is 731. The maximum Gasteiger partial charge on any atom is 0.244 e. The van der Waals surface area contributed by atoms with E-state index in [-0.39, 0.29) is 6.04 Å². The van der Waals surface area contributed by atoms with E-state index >= 15 is 0 Å². The first-order valence-electron chi connectivity index (χ1n) is 6.92. The van der Waals surface area contributed by atoms with Crippen molar-refractivity contribution in [3.05, 3.63) is 64.6 Å². The molecule has 1 heterocycles. The molecule has 2 aromatic carbocycles. The van der Waals surface area contributed by atoms with Gasteiger partial charge in [0.05, 0.1) is 10.9 Å². The molecule has 3 nitrogen and oxygen atoms in total. The molecule has 1 aliphatic rings. The van der Waals surface area contributed by atoms with Crippen LogP contribution in [0.15, 0.2) is 64.0 Å². The van der Waals surface area contributed by atoms with E-state index in [2.05, 4.69) is 15.9 Å². The summed E-state index contributed by atoms with van der Waals surface area (Å²) in [5, 5.41) is 0. The lowest BCUT2D eigenvalue weighted by Gasteiger charge is -2.25. The van der Waals surface area contributed by atoms with Gasteiger partial charge >= 0.3 is 0 Å². The van der Waals surface area contributed by atoms with Crippen LogP contribution in [0.5, 0.6) is 0 Å². The minimum atomic E-state index is -3.48. The third kappa shape index (κ3) is 2.78. The Hall–Kier alpha value is -1.17. The first-order valence-corrected chi connectivity index (χ1v) is 9.15. The molecule has 2 aromatic rings. The van der Waals surface area contributed by atoms with Crippen molar-refractivity contribution in [1.82, 2.24) is 4.31 Å². The second kappa shape index (κ2) is 5.91. The molecule has 1 saturated heterocycles. The fraction of sp³-hybridized carbons (Fsp3) is 0.250. The van der Waals surface area contributed by atoms with Crippen LogP contribution in [-0.2, 0) is 10.0 Å². The van der Waals surface area contributed by atoms with Gasteiger partial charge in [-0.2, -0.15) is 4.31 Å². The lowest BCUT2D eigenvalue weighted by Crippen LogP contribution is -2.30. The van der Waals surface area contributed by atoms with Crippen LogP contribution in [0, 0.1) is 0 Å². The van der Waals surface area contributed by atoms with Crippen molar-refractivity contribution in [3.63, 3.8) is 0 Å². The second-order valence-electron chi connectivity index (χ2n) is 5.11. The molecule has 0 amide bonds. The molecule has 0 aromatic heterocycles. The lowest BCUT2D eigenvalue weighted by atomic mass is 10.1. The molecule has 0 aliphatic carbocycles. The minimum Gasteiger partial charge on any atom is -0.207 e. The molecule has 0 bridgehead atoms. The smallest absolute Gasteiger partial charge is 0.207 e. The number of sulfonamides is 1. The SMILES string of the molecule is O=S(=O)(c1ccccc1Br)N1CCCC1c1ccccc1. The summed E-state index contributed by atoms with van der Waals surface area (Å²) in [6.45, 7) is 0.573. The van der Waals surface area contributed by atoms with E-state index in [9.17, 15) is 8.42 Å². The van der Waals surface area contributed by atoms with Crippen LogP contribution in [0.25, 0.3) is 0 Å². The molecule has 0 saturated carbocycles. The first kappa shape index (κ1) is 14.8. The predicted molar refractivity (Wildman–Crippen MR) is 86.5 cm³/mol. The zero-order valence-electron chi connectivity index (χ0n) is 11.4. The van der Waals surface area contributed by atoms with E-state index in [1.165, 1.54) is 0 Å². The molecule has 5 heteroatoms. The highest BCUT2D eigenvalue weighted by Crippen LogP contribution is 2.37. The van der Waals surface area contributed by atoms with E-state index in [1.54, 1.807) is 22.5 Å². The van der Waals surface area contributed by atoms with Gasteiger partial charge in [0.1, 0.15) is 0 Å². The predicted octanol–water partition coefficient (Wildman–Crippen LogP) is 3.97. The number of nitrogens with zero attached hydrogens (tertiary/aromatic N) is 1. The Labute approximate surface area is 133 Å². The highest BCUT2D eigenvalue weighted by Gasteiger charge is 2.36. The molecular weight excluding hydrogens is 350 g/mol. The summed E-state index contributed by atoms with van der Waals surface area (Å²) < 4.78 is 28.1. The number of hydrogen-bond donors (Lipinski definition) is 0. The van der Waals surface area contributed by atoms with Crippen LogP contribution in [-0.4, -0.2) is 19.3 Å². The van der Waals surface area contributed by atoms with E-state index in [4.69, 9.17) is 0 Å². The van der Waals surface area contributed by atoms with Gasteiger partial charge in [-0.15, -0.1) is 0 Å². The molecule has 1 unspecified atom stereocenters. The van der Waals surface area contributed by atoms with Crippen molar-refractivity contribution >= 4 is 26.0 Å². The third-order valence-corrected chi connectivity index (χ3v) is 6.73. The third-order valence-electron chi connectivity index (χ3n) is 3.81. The Morgan fingerprint density at radius 3 is 2.38 bits per heavy atom. The zero-order chi connectivity index (χ0) is 14.9. The molecule has 1 atom stereocenters. The van der Waals surface area contributed by atoms with E-state index in [0.717, 1.165) is 18.4 Å². The van der Waals surface area contributed by atoms with Crippen LogP contribution in [0.1, 0.15) is 24.4 Å². The van der Waals surface area contributed by atoms with Crippen LogP contribution in [0.4, 0.5) is 0 Å². The van der Waals surface area contributed by atoms with Gasteiger partial charge in [0, 0.05) is 11.0 Å². The zero-order valence-corrected chi connectivity index (χ0v) is 13.8. The second-order valence-corrected chi connectivity index (χ2v) is 7.83. The average Bonchev–Trinajstić information content (AvgIpc) is 2.99. The summed E-state index contributed by atoms with van der Waals surface area (Å²) in [7, 11) is -3.48. The summed E-state index contributed by atoms with van der Waals surface area (Å²) in [5.74, 6) is 0. The van der Waals surface area contributed by atoms with Gasteiger partial charge in [-0.25, -0.2) is 8.42 Å². The topological polar surface area (TPSA) is 37.4 Å². The summed E-state index contributed by atoms with van der Waals surface area (Å²) >= 11 is 3.35. The molecule has 21 heavy (non-hydrogen) atoms. The standard InChI is InChI=1S/C16H16BrNO2S/c17-14-9-4-5-11-16(14)21(19,20)18-12-6-10-15(18)13-7-2-1-3-8-13/h1-5,7-9,11,15H,6,10,12H2. The summed E-state index contributed by atoms with van der Waals surface area (Å²) in [5.41, 5.74) is 1.06. The maximum atomic E-state index is 12.9. The molecule has 1 aliphatic heterocycles. The molecule has 0 spiro atoms. The van der Waals surface area contributed by atoms with Crippen LogP contribution >= 0.6 is 15.9 Å². The highest BCUT2D eigenvalue weighted by atomic mass is 79.9. The summed E-state index contributed by atoms with van der Waals surface area (Å²) in [6.07, 6.45) is 1.76. The van der Waals surface area contributed by atoms with Gasteiger partial charge in [0.2, 0.25) is 10.0 Å². The van der Waals surface area contributed by atoms with Crippen molar-refractivity contribution in [3.8, 4) is 0 Å². The minimum absolute atomic E-state index is 0.0664. The first-order chi connectivity index (χ1) is 10.1. The van der Waals surface area contributed by atoms with Crippen molar-refractivity contribution in [2.45, 2.75) is 23.8 Å². The van der Waals surface area contributed by atoms with Crippen LogP contribution in [0.2, 0.25) is 0 Å². The van der Waals surface area contributed by atoms with Gasteiger partial charge in [-0.3, -0.25) is 0 Å². The summed E-state index contributed by atoms with van der Waals surface area (Å²) in [6, 6.07) is 16.8. The average molecular weight is 366 g/mol. The number of rotatable bonds is 3. The normalized spacial score (nSPS) is 19.8. The number of halogens is 1. The van der Waals surface area contributed by atoms with Gasteiger partial charge in [0.15, 0.2) is 0 Å². The van der Waals surface area contributed by atoms with E-state index in [0.29, 0.717) is 15.9 Å². The van der Waals surface area contributed by atoms with E-state index < -0.39 is 10.0 Å². The fourth-order valence-corrected chi connectivity index (χ4v) is 5.46. The van der Waals surface area contributed by atoms with Crippen LogP contribution in [0.3, 0.4) is 0 Å². The van der Waals surface area contributed by atoms with Crippen molar-refractivity contribution < 1.29 is 8.42 Å². The van der Waals surface area contributed by atoms with Gasteiger partial charge < -0.3 is 0 Å². The Morgan fingerprint density at radius 1 is 1.00 bits per heavy atom. The van der Waals surface area contributed by atoms with Crippen molar-refractivity contribution in [1.29, 1.82) is 0 Å². The Balaban J connectivity index is 2.01. The van der Waals surface area contributed by atoms with Crippen molar-refractivity contribution in [2.24, 2.45) is 0 Å². The van der Waals surface area contributed by atoms with Gasteiger partial charge in [0.25, 0.3) is 0 Å². The monoisotopic (exact) mass is 365 g/mol. The quantitative estimate of drug-likeness (QED) is 0.824. The fourth-order valence-electron chi connectivity index (χ4n) is 2.82. The molecule has 3 rings (SSSR count). The molecule has 0 radical (unpaired) electrons. The lowest BCUT2D eigenvalue weighted by molar-refractivity contribution is 0.396.